The lowest BCUT2D eigenvalue weighted by molar-refractivity contribution is -0.129. The Morgan fingerprint density at radius 3 is 2.24 bits per heavy atom. The molecule has 2 amide bonds. The molecule has 0 radical (unpaired) electrons. The van der Waals surface area contributed by atoms with Crippen LogP contribution in [0.2, 0.25) is 0 Å². The Morgan fingerprint density at radius 2 is 1.76 bits per heavy atom. The maximum absolute atomic E-state index is 12.1. The van der Waals surface area contributed by atoms with Gasteiger partial charge in [0.2, 0.25) is 11.1 Å². The minimum atomic E-state index is -0.505. The molecule has 1 atom stereocenters. The smallest absolute Gasteiger partial charge is 0.417 e. The minimum absolute atomic E-state index is 0.103. The van der Waals surface area contributed by atoms with Gasteiger partial charge in [0, 0.05) is 11.8 Å². The van der Waals surface area contributed by atoms with Gasteiger partial charge in [0.15, 0.2) is 0 Å². The van der Waals surface area contributed by atoms with E-state index in [0.29, 0.717) is 12.3 Å². The number of imide groups is 1. The fraction of sp³-hybridized carbons (Fsp3) is 0.526. The van der Waals surface area contributed by atoms with Gasteiger partial charge in [-0.25, -0.2) is 9.69 Å². The first-order valence-electron chi connectivity index (χ1n) is 8.44. The maximum atomic E-state index is 12.1. The van der Waals surface area contributed by atoms with Crippen LogP contribution in [-0.4, -0.2) is 28.7 Å². The van der Waals surface area contributed by atoms with Crippen LogP contribution in [0.1, 0.15) is 51.6 Å². The van der Waals surface area contributed by atoms with E-state index in [0.717, 1.165) is 18.4 Å². The van der Waals surface area contributed by atoms with Crippen molar-refractivity contribution in [3.05, 3.63) is 35.9 Å². The highest BCUT2D eigenvalue weighted by Gasteiger charge is 2.40. The van der Waals surface area contributed by atoms with Gasteiger partial charge >= 0.3 is 6.09 Å². The van der Waals surface area contributed by atoms with Crippen LogP contribution in [0.4, 0.5) is 4.79 Å². The summed E-state index contributed by atoms with van der Waals surface area (Å²) >= 11 is 5.11. The monoisotopic (exact) mass is 365 g/mol. The largest absolute Gasteiger partial charge is 0.446 e. The predicted molar refractivity (Wildman–Crippen MR) is 95.0 cm³/mol. The number of halogens is 1. The molecular weight excluding hydrogens is 342 g/mol. The standard InChI is InChI=1S/C14H15NO3.C5H9ClO/c16-13(8-10-6-7-10)15-12(9-18-14(15)17)11-4-2-1-3-5-11;1-5(2,3)4(6)7/h1-5,10,12H,6-9H2;1-3H3/t12-;/m1./s1. The quantitative estimate of drug-likeness (QED) is 0.749. The zero-order chi connectivity index (χ0) is 18.6. The van der Waals surface area contributed by atoms with E-state index in [9.17, 15) is 14.4 Å². The number of cyclic esters (lactones) is 1. The van der Waals surface area contributed by atoms with Crippen LogP contribution in [0.5, 0.6) is 0 Å². The summed E-state index contributed by atoms with van der Waals surface area (Å²) in [5.41, 5.74) is 0.578. The summed E-state index contributed by atoms with van der Waals surface area (Å²) in [6.07, 6.45) is 2.17. The van der Waals surface area contributed by atoms with Gasteiger partial charge in [-0.15, -0.1) is 0 Å². The van der Waals surface area contributed by atoms with E-state index >= 15 is 0 Å². The van der Waals surface area contributed by atoms with Gasteiger partial charge in [-0.05, 0) is 35.9 Å². The van der Waals surface area contributed by atoms with Crippen LogP contribution in [0.25, 0.3) is 0 Å². The molecule has 3 rings (SSSR count). The molecule has 1 aliphatic carbocycles. The first kappa shape index (κ1) is 19.4. The number of benzene rings is 1. The molecule has 25 heavy (non-hydrogen) atoms. The Bertz CT molecular complexity index is 635. The molecule has 0 bridgehead atoms. The van der Waals surface area contributed by atoms with Gasteiger partial charge in [-0.3, -0.25) is 9.59 Å². The fourth-order valence-electron chi connectivity index (χ4n) is 2.28. The van der Waals surface area contributed by atoms with Crippen LogP contribution in [0, 0.1) is 11.3 Å². The normalized spacial score (nSPS) is 19.8. The SMILES string of the molecule is CC(C)(C)C(=O)Cl.O=C(CC1CC1)N1C(=O)OC[C@@H]1c1ccccc1. The Morgan fingerprint density at radius 1 is 1.20 bits per heavy atom. The van der Waals surface area contributed by atoms with Crippen molar-refractivity contribution in [2.24, 2.45) is 11.3 Å². The van der Waals surface area contributed by atoms with E-state index < -0.39 is 6.09 Å². The summed E-state index contributed by atoms with van der Waals surface area (Å²) < 4.78 is 5.02. The molecule has 1 saturated carbocycles. The number of hydrogen-bond donors (Lipinski definition) is 0. The second-order valence-corrected chi connectivity index (χ2v) is 7.78. The topological polar surface area (TPSA) is 63.7 Å². The van der Waals surface area contributed by atoms with Crippen molar-refractivity contribution in [2.45, 2.75) is 46.1 Å². The first-order valence-corrected chi connectivity index (χ1v) is 8.81. The molecular formula is C19H24ClNO4. The Hall–Kier alpha value is -1.88. The molecule has 0 N–H and O–H groups in total. The highest BCUT2D eigenvalue weighted by molar-refractivity contribution is 6.64. The summed E-state index contributed by atoms with van der Waals surface area (Å²) in [5.74, 6) is 0.371. The van der Waals surface area contributed by atoms with Crippen LogP contribution < -0.4 is 0 Å². The van der Waals surface area contributed by atoms with Crippen molar-refractivity contribution in [1.82, 2.24) is 4.90 Å². The Balaban J connectivity index is 0.000000277. The Kier molecular flexibility index (Phi) is 6.22. The van der Waals surface area contributed by atoms with Crippen molar-refractivity contribution in [3.8, 4) is 0 Å². The number of ether oxygens (including phenoxy) is 1. The third-order valence-electron chi connectivity index (χ3n) is 4.08. The van der Waals surface area contributed by atoms with Gasteiger partial charge in [-0.2, -0.15) is 0 Å². The van der Waals surface area contributed by atoms with Crippen molar-refractivity contribution in [2.75, 3.05) is 6.61 Å². The number of amides is 2. The minimum Gasteiger partial charge on any atom is -0.446 e. The molecule has 0 aromatic heterocycles. The molecule has 5 nitrogen and oxygen atoms in total. The molecule has 1 saturated heterocycles. The van der Waals surface area contributed by atoms with Crippen LogP contribution >= 0.6 is 11.6 Å². The third kappa shape index (κ3) is 5.56. The van der Waals surface area contributed by atoms with Crippen LogP contribution in [-0.2, 0) is 14.3 Å². The van der Waals surface area contributed by atoms with E-state index in [4.69, 9.17) is 16.3 Å². The van der Waals surface area contributed by atoms with Gasteiger partial charge in [0.25, 0.3) is 0 Å². The molecule has 2 fully saturated rings. The van der Waals surface area contributed by atoms with E-state index in [-0.39, 0.29) is 29.2 Å². The molecule has 1 aromatic rings. The highest BCUT2D eigenvalue weighted by atomic mass is 35.5. The molecule has 6 heteroatoms. The summed E-state index contributed by atoms with van der Waals surface area (Å²) in [7, 11) is 0. The number of carbonyl (C=O) groups is 3. The number of hydrogen-bond acceptors (Lipinski definition) is 4. The second-order valence-electron chi connectivity index (χ2n) is 7.44. The van der Waals surface area contributed by atoms with Gasteiger partial charge in [0.1, 0.15) is 12.6 Å². The lowest BCUT2D eigenvalue weighted by Gasteiger charge is -2.19. The van der Waals surface area contributed by atoms with E-state index in [2.05, 4.69) is 0 Å². The average molecular weight is 366 g/mol. The van der Waals surface area contributed by atoms with Gasteiger partial charge in [0.05, 0.1) is 0 Å². The van der Waals surface area contributed by atoms with Crippen molar-refractivity contribution in [1.29, 1.82) is 0 Å². The first-order chi connectivity index (χ1) is 11.7. The molecule has 0 unspecified atom stereocenters. The molecule has 1 aromatic carbocycles. The molecule has 1 heterocycles. The zero-order valence-electron chi connectivity index (χ0n) is 14.8. The number of nitrogens with zero attached hydrogens (tertiary/aromatic N) is 1. The lowest BCUT2D eigenvalue weighted by Crippen LogP contribution is -2.34. The Labute approximate surface area is 153 Å². The van der Waals surface area contributed by atoms with E-state index in [1.165, 1.54) is 4.90 Å². The van der Waals surface area contributed by atoms with E-state index in [1.807, 2.05) is 30.3 Å². The summed E-state index contributed by atoms with van der Waals surface area (Å²) in [6, 6.07) is 9.31. The van der Waals surface area contributed by atoms with Gasteiger partial charge in [-0.1, -0.05) is 51.1 Å². The van der Waals surface area contributed by atoms with Crippen molar-refractivity contribution >= 4 is 28.8 Å². The van der Waals surface area contributed by atoms with Crippen molar-refractivity contribution in [3.63, 3.8) is 0 Å². The fourth-order valence-corrected chi connectivity index (χ4v) is 2.28. The molecule has 2 aliphatic rings. The summed E-state index contributed by atoms with van der Waals surface area (Å²) in [6.45, 7) is 5.60. The average Bonchev–Trinajstić information content (AvgIpc) is 3.27. The van der Waals surface area contributed by atoms with Crippen LogP contribution in [0.3, 0.4) is 0 Å². The molecule has 136 valence electrons. The van der Waals surface area contributed by atoms with Gasteiger partial charge < -0.3 is 4.74 Å². The number of carbonyl (C=O) groups excluding carboxylic acids is 3. The lowest BCUT2D eigenvalue weighted by atomic mass is 10.00. The molecule has 0 spiro atoms. The third-order valence-corrected chi connectivity index (χ3v) is 4.64. The summed E-state index contributed by atoms with van der Waals surface area (Å²) in [4.78, 5) is 35.3. The predicted octanol–water partition coefficient (Wildman–Crippen LogP) is 4.30. The molecule has 1 aliphatic heterocycles. The summed E-state index contributed by atoms with van der Waals surface area (Å²) in [5, 5.41) is -0.285. The zero-order valence-corrected chi connectivity index (χ0v) is 15.6. The highest BCUT2D eigenvalue weighted by Crippen LogP contribution is 2.35. The van der Waals surface area contributed by atoms with Crippen LogP contribution in [0.15, 0.2) is 30.3 Å². The van der Waals surface area contributed by atoms with Crippen molar-refractivity contribution < 1.29 is 19.1 Å². The van der Waals surface area contributed by atoms with E-state index in [1.54, 1.807) is 20.8 Å². The second kappa shape index (κ2) is 8.00. The maximum Gasteiger partial charge on any atom is 0.417 e. The number of rotatable bonds is 3.